The maximum Gasteiger partial charge on any atom is 0.329 e. The predicted octanol–water partition coefficient (Wildman–Crippen LogP) is 4.69. The van der Waals surface area contributed by atoms with E-state index in [1.807, 2.05) is 0 Å². The van der Waals surface area contributed by atoms with Gasteiger partial charge in [0.15, 0.2) is 11.5 Å². The number of anilines is 1. The SMILES string of the molecule is COc1cc(/C=C2/NC(=O)N(CC(=O)Nc3ccccc3F)C2=O)cc(I)c1OCc1ccc(F)cc1. The molecule has 4 amide bonds. The fourth-order valence-corrected chi connectivity index (χ4v) is 4.26. The van der Waals surface area contributed by atoms with E-state index < -0.39 is 30.2 Å². The summed E-state index contributed by atoms with van der Waals surface area (Å²) < 4.78 is 38.9. The van der Waals surface area contributed by atoms with E-state index in [0.29, 0.717) is 20.6 Å². The number of benzene rings is 3. The number of halogens is 3. The van der Waals surface area contributed by atoms with Crippen molar-refractivity contribution in [1.82, 2.24) is 10.2 Å². The third kappa shape index (κ3) is 6.23. The van der Waals surface area contributed by atoms with E-state index in [-0.39, 0.29) is 23.8 Å². The second kappa shape index (κ2) is 11.4. The van der Waals surface area contributed by atoms with Gasteiger partial charge in [0.25, 0.3) is 5.91 Å². The first-order chi connectivity index (χ1) is 17.7. The van der Waals surface area contributed by atoms with Gasteiger partial charge in [-0.3, -0.25) is 9.59 Å². The molecule has 1 aliphatic heterocycles. The summed E-state index contributed by atoms with van der Waals surface area (Å²) in [5, 5.41) is 4.79. The van der Waals surface area contributed by atoms with Gasteiger partial charge < -0.3 is 20.1 Å². The number of imide groups is 1. The standard InChI is InChI=1S/C26H20F2IN3O5/c1-36-22-12-16(10-19(29)24(22)37-14-15-6-8-17(27)9-7-15)11-21-25(34)32(26(35)31-21)13-23(33)30-20-5-3-2-4-18(20)28/h2-12H,13-14H2,1H3,(H,30,33)(H,31,35)/b21-11+. The van der Waals surface area contributed by atoms with Gasteiger partial charge in [0.1, 0.15) is 30.5 Å². The summed E-state index contributed by atoms with van der Waals surface area (Å²) in [5.74, 6) is -1.57. The molecule has 0 aromatic heterocycles. The highest BCUT2D eigenvalue weighted by atomic mass is 127. The minimum atomic E-state index is -0.777. The minimum absolute atomic E-state index is 0.0403. The van der Waals surface area contributed by atoms with E-state index in [9.17, 15) is 23.2 Å². The molecular weight excluding hydrogens is 599 g/mol. The zero-order chi connectivity index (χ0) is 26.5. The van der Waals surface area contributed by atoms with Crippen LogP contribution in [0, 0.1) is 15.2 Å². The molecule has 8 nitrogen and oxygen atoms in total. The number of hydrogen-bond donors (Lipinski definition) is 2. The normalized spacial score (nSPS) is 14.1. The summed E-state index contributed by atoms with van der Waals surface area (Å²) in [7, 11) is 1.46. The van der Waals surface area contributed by atoms with E-state index >= 15 is 0 Å². The van der Waals surface area contributed by atoms with Crippen LogP contribution >= 0.6 is 22.6 Å². The summed E-state index contributed by atoms with van der Waals surface area (Å²) >= 11 is 2.05. The van der Waals surface area contributed by atoms with Crippen molar-refractivity contribution in [3.8, 4) is 11.5 Å². The number of urea groups is 1. The van der Waals surface area contributed by atoms with Crippen molar-refractivity contribution in [3.63, 3.8) is 0 Å². The second-order valence-corrected chi connectivity index (χ2v) is 9.02. The van der Waals surface area contributed by atoms with Crippen molar-refractivity contribution >= 4 is 52.2 Å². The van der Waals surface area contributed by atoms with Crippen molar-refractivity contribution in [2.24, 2.45) is 0 Å². The van der Waals surface area contributed by atoms with Gasteiger partial charge in [0.2, 0.25) is 5.91 Å². The molecule has 1 fully saturated rings. The average molecular weight is 619 g/mol. The fourth-order valence-electron chi connectivity index (χ4n) is 3.48. The number of nitrogens with one attached hydrogen (secondary N) is 2. The summed E-state index contributed by atoms with van der Waals surface area (Å²) in [6.07, 6.45) is 1.45. The van der Waals surface area contributed by atoms with Crippen molar-refractivity contribution in [3.05, 3.63) is 92.7 Å². The number of carbonyl (C=O) groups is 3. The van der Waals surface area contributed by atoms with Gasteiger partial charge in [-0.15, -0.1) is 0 Å². The number of methoxy groups -OCH3 is 1. The zero-order valence-electron chi connectivity index (χ0n) is 19.4. The lowest BCUT2D eigenvalue weighted by Gasteiger charge is -2.14. The van der Waals surface area contributed by atoms with E-state index in [1.54, 1.807) is 30.3 Å². The van der Waals surface area contributed by atoms with Gasteiger partial charge >= 0.3 is 6.03 Å². The summed E-state index contributed by atoms with van der Waals surface area (Å²) in [4.78, 5) is 38.2. The van der Waals surface area contributed by atoms with Crippen LogP contribution < -0.4 is 20.1 Å². The molecule has 3 aromatic rings. The van der Waals surface area contributed by atoms with Gasteiger partial charge in [-0.2, -0.15) is 0 Å². The molecule has 0 bridgehead atoms. The molecule has 11 heteroatoms. The Kier molecular flexibility index (Phi) is 8.01. The van der Waals surface area contributed by atoms with Crippen LogP contribution in [0.1, 0.15) is 11.1 Å². The van der Waals surface area contributed by atoms with Gasteiger partial charge in [0, 0.05) is 0 Å². The molecule has 0 unspecified atom stereocenters. The monoisotopic (exact) mass is 619 g/mol. The Hall–Kier alpha value is -4.00. The lowest BCUT2D eigenvalue weighted by Crippen LogP contribution is -2.38. The highest BCUT2D eigenvalue weighted by Gasteiger charge is 2.35. The molecule has 0 saturated carbocycles. The molecule has 4 rings (SSSR count). The van der Waals surface area contributed by atoms with Crippen LogP contribution in [0.2, 0.25) is 0 Å². The Morgan fingerprint density at radius 2 is 1.84 bits per heavy atom. The lowest BCUT2D eigenvalue weighted by atomic mass is 10.1. The van der Waals surface area contributed by atoms with E-state index in [0.717, 1.165) is 10.5 Å². The first kappa shape index (κ1) is 26.1. The molecule has 0 atom stereocenters. The fraction of sp³-hybridized carbons (Fsp3) is 0.115. The van der Waals surface area contributed by atoms with Gasteiger partial charge in [0.05, 0.1) is 16.4 Å². The third-order valence-corrected chi connectivity index (χ3v) is 6.07. The van der Waals surface area contributed by atoms with E-state index in [1.165, 1.54) is 43.5 Å². The molecule has 0 spiro atoms. The maximum absolute atomic E-state index is 13.8. The Labute approximate surface area is 224 Å². The topological polar surface area (TPSA) is 97.0 Å². The largest absolute Gasteiger partial charge is 0.493 e. The van der Waals surface area contributed by atoms with Crippen LogP contribution in [0.25, 0.3) is 6.08 Å². The molecule has 190 valence electrons. The predicted molar refractivity (Wildman–Crippen MR) is 140 cm³/mol. The van der Waals surface area contributed by atoms with Crippen LogP contribution in [0.5, 0.6) is 11.5 Å². The molecule has 0 radical (unpaired) electrons. The average Bonchev–Trinajstić information content (AvgIpc) is 3.12. The number of nitrogens with zero attached hydrogens (tertiary/aromatic N) is 1. The quantitative estimate of drug-likeness (QED) is 0.217. The number of carbonyl (C=O) groups excluding carboxylic acids is 3. The van der Waals surface area contributed by atoms with E-state index in [4.69, 9.17) is 9.47 Å². The molecular formula is C26H20F2IN3O5. The first-order valence-electron chi connectivity index (χ1n) is 10.9. The Morgan fingerprint density at radius 1 is 1.11 bits per heavy atom. The maximum atomic E-state index is 13.8. The van der Waals surface area contributed by atoms with Crippen LogP contribution in [0.15, 0.2) is 66.4 Å². The second-order valence-electron chi connectivity index (χ2n) is 7.86. The minimum Gasteiger partial charge on any atom is -0.493 e. The zero-order valence-corrected chi connectivity index (χ0v) is 21.5. The molecule has 0 aliphatic carbocycles. The van der Waals surface area contributed by atoms with Gasteiger partial charge in [-0.1, -0.05) is 24.3 Å². The molecule has 1 aliphatic rings. The number of ether oxygens (including phenoxy) is 2. The molecule has 1 heterocycles. The number of rotatable bonds is 8. The first-order valence-corrected chi connectivity index (χ1v) is 12.0. The van der Waals surface area contributed by atoms with E-state index in [2.05, 4.69) is 33.2 Å². The van der Waals surface area contributed by atoms with Crippen molar-refractivity contribution in [1.29, 1.82) is 0 Å². The van der Waals surface area contributed by atoms with Gasteiger partial charge in [-0.05, 0) is 76.2 Å². The number of amides is 4. The number of para-hydroxylation sites is 1. The van der Waals surface area contributed by atoms with Crippen molar-refractivity contribution in [2.75, 3.05) is 19.0 Å². The van der Waals surface area contributed by atoms with Crippen molar-refractivity contribution in [2.45, 2.75) is 6.61 Å². The summed E-state index contributed by atoms with van der Waals surface area (Å²) in [6, 6.07) is 14.1. The molecule has 2 N–H and O–H groups in total. The summed E-state index contributed by atoms with van der Waals surface area (Å²) in [5.41, 5.74) is 1.21. The Morgan fingerprint density at radius 3 is 2.54 bits per heavy atom. The van der Waals surface area contributed by atoms with Crippen LogP contribution in [0.3, 0.4) is 0 Å². The lowest BCUT2D eigenvalue weighted by molar-refractivity contribution is -0.127. The number of hydrogen-bond acceptors (Lipinski definition) is 5. The smallest absolute Gasteiger partial charge is 0.329 e. The highest BCUT2D eigenvalue weighted by Crippen LogP contribution is 2.35. The van der Waals surface area contributed by atoms with Crippen molar-refractivity contribution < 1.29 is 32.6 Å². The van der Waals surface area contributed by atoms with Gasteiger partial charge in [-0.25, -0.2) is 18.5 Å². The van der Waals surface area contributed by atoms with Crippen LogP contribution in [-0.2, 0) is 16.2 Å². The summed E-state index contributed by atoms with van der Waals surface area (Å²) in [6.45, 7) is -0.404. The van der Waals surface area contributed by atoms with Crippen LogP contribution in [0.4, 0.5) is 19.3 Å². The third-order valence-electron chi connectivity index (χ3n) is 5.27. The Balaban J connectivity index is 1.47. The highest BCUT2D eigenvalue weighted by molar-refractivity contribution is 14.1. The molecule has 37 heavy (non-hydrogen) atoms. The molecule has 3 aromatic carbocycles. The van der Waals surface area contributed by atoms with Crippen LogP contribution in [-0.4, -0.2) is 36.4 Å². The molecule has 1 saturated heterocycles. The Bertz CT molecular complexity index is 1400.